The number of rotatable bonds is 7. The lowest BCUT2D eigenvalue weighted by Gasteiger charge is -2.21. The summed E-state index contributed by atoms with van der Waals surface area (Å²) in [4.78, 5) is 17.6. The van der Waals surface area contributed by atoms with Gasteiger partial charge in [-0.3, -0.25) is 0 Å². The fourth-order valence-electron chi connectivity index (χ4n) is 2.10. The number of pyridine rings is 1. The summed E-state index contributed by atoms with van der Waals surface area (Å²) in [5, 5.41) is 18.0. The van der Waals surface area contributed by atoms with E-state index in [0.717, 1.165) is 37.1 Å². The molecule has 0 aliphatic carbocycles. The van der Waals surface area contributed by atoms with Crippen LogP contribution in [-0.4, -0.2) is 41.4 Å². The quantitative estimate of drug-likeness (QED) is 0.738. The van der Waals surface area contributed by atoms with Gasteiger partial charge >= 0.3 is 5.97 Å². The van der Waals surface area contributed by atoms with Crippen LogP contribution < -0.4 is 4.90 Å². The van der Waals surface area contributed by atoms with Crippen molar-refractivity contribution in [3.8, 4) is 0 Å². The Kier molecular flexibility index (Phi) is 5.76. The average molecular weight is 266 g/mol. The Morgan fingerprint density at radius 3 is 2.58 bits per heavy atom. The first kappa shape index (κ1) is 15.4. The Hall–Kier alpha value is -1.62. The third kappa shape index (κ3) is 4.21. The van der Waals surface area contributed by atoms with Gasteiger partial charge in [0.1, 0.15) is 11.4 Å². The first-order valence-corrected chi connectivity index (χ1v) is 6.51. The van der Waals surface area contributed by atoms with Gasteiger partial charge in [0.15, 0.2) is 0 Å². The van der Waals surface area contributed by atoms with Crippen molar-refractivity contribution in [3.63, 3.8) is 0 Å². The van der Waals surface area contributed by atoms with Crippen LogP contribution in [0, 0.1) is 13.8 Å². The van der Waals surface area contributed by atoms with Crippen LogP contribution in [0.25, 0.3) is 0 Å². The highest BCUT2D eigenvalue weighted by molar-refractivity contribution is 5.95. The van der Waals surface area contributed by atoms with Gasteiger partial charge in [-0.05, 0) is 44.7 Å². The lowest BCUT2D eigenvalue weighted by atomic mass is 10.1. The molecule has 5 nitrogen and oxygen atoms in total. The molecule has 0 radical (unpaired) electrons. The van der Waals surface area contributed by atoms with E-state index in [0.29, 0.717) is 5.82 Å². The molecule has 0 bridgehead atoms. The van der Waals surface area contributed by atoms with E-state index in [2.05, 4.69) is 4.98 Å². The lowest BCUT2D eigenvalue weighted by Crippen LogP contribution is -2.23. The van der Waals surface area contributed by atoms with Gasteiger partial charge in [0, 0.05) is 25.9 Å². The molecule has 1 aromatic heterocycles. The molecule has 19 heavy (non-hydrogen) atoms. The molecule has 0 aliphatic heterocycles. The van der Waals surface area contributed by atoms with Crippen LogP contribution in [0.1, 0.15) is 40.9 Å². The van der Waals surface area contributed by atoms with E-state index in [1.807, 2.05) is 18.9 Å². The number of aromatic carboxylic acids is 1. The number of aromatic nitrogens is 1. The zero-order valence-electron chi connectivity index (χ0n) is 11.8. The minimum atomic E-state index is -0.942. The summed E-state index contributed by atoms with van der Waals surface area (Å²) in [6, 6.07) is 1.78. The number of aliphatic hydroxyl groups is 1. The molecule has 0 saturated heterocycles. The second kappa shape index (κ2) is 7.09. The fourth-order valence-corrected chi connectivity index (χ4v) is 2.10. The van der Waals surface area contributed by atoms with Crippen LogP contribution in [0.5, 0.6) is 0 Å². The molecule has 1 aromatic rings. The van der Waals surface area contributed by atoms with E-state index in [-0.39, 0.29) is 12.2 Å². The van der Waals surface area contributed by atoms with Crippen molar-refractivity contribution in [2.45, 2.75) is 33.1 Å². The molecule has 0 spiro atoms. The zero-order valence-corrected chi connectivity index (χ0v) is 11.8. The van der Waals surface area contributed by atoms with Gasteiger partial charge in [0.05, 0.1) is 0 Å². The molecule has 5 heteroatoms. The predicted molar refractivity (Wildman–Crippen MR) is 74.9 cm³/mol. The largest absolute Gasteiger partial charge is 0.478 e. The number of aryl methyl sites for hydroxylation is 2. The normalized spacial score (nSPS) is 10.5. The maximum absolute atomic E-state index is 11.3. The van der Waals surface area contributed by atoms with Crippen molar-refractivity contribution < 1.29 is 15.0 Å². The summed E-state index contributed by atoms with van der Waals surface area (Å²) in [7, 11) is 1.85. The molecular formula is C14H22N2O3. The summed E-state index contributed by atoms with van der Waals surface area (Å²) < 4.78 is 0. The Morgan fingerprint density at radius 1 is 1.32 bits per heavy atom. The highest BCUT2D eigenvalue weighted by Gasteiger charge is 2.18. The number of unbranched alkanes of at least 4 members (excludes halogenated alkanes) is 2. The molecule has 0 aliphatic rings. The number of carbonyl (C=O) groups is 1. The Morgan fingerprint density at radius 2 is 2.00 bits per heavy atom. The van der Waals surface area contributed by atoms with Gasteiger partial charge in [-0.1, -0.05) is 0 Å². The van der Waals surface area contributed by atoms with Gasteiger partial charge < -0.3 is 15.1 Å². The highest BCUT2D eigenvalue weighted by Crippen LogP contribution is 2.22. The summed E-state index contributed by atoms with van der Waals surface area (Å²) in [6.07, 6.45) is 2.61. The minimum absolute atomic E-state index is 0.200. The van der Waals surface area contributed by atoms with E-state index in [1.165, 1.54) is 0 Å². The molecule has 0 aromatic carbocycles. The highest BCUT2D eigenvalue weighted by atomic mass is 16.4. The number of carboxylic acid groups (broad SMARTS) is 1. The maximum Gasteiger partial charge on any atom is 0.339 e. The number of hydrogen-bond acceptors (Lipinski definition) is 4. The molecule has 0 saturated carbocycles. The summed E-state index contributed by atoms with van der Waals surface area (Å²) in [5.41, 5.74) is 1.83. The number of nitrogens with zero attached hydrogens (tertiary/aromatic N) is 2. The maximum atomic E-state index is 11.3. The number of anilines is 1. The van der Waals surface area contributed by atoms with Gasteiger partial charge in [0.2, 0.25) is 0 Å². The Labute approximate surface area is 113 Å². The van der Waals surface area contributed by atoms with Crippen LogP contribution in [-0.2, 0) is 0 Å². The summed E-state index contributed by atoms with van der Waals surface area (Å²) in [6.45, 7) is 4.59. The van der Waals surface area contributed by atoms with E-state index in [4.69, 9.17) is 5.11 Å². The molecule has 0 amide bonds. The average Bonchev–Trinajstić information content (AvgIpc) is 2.32. The van der Waals surface area contributed by atoms with Crippen LogP contribution in [0.4, 0.5) is 5.82 Å². The van der Waals surface area contributed by atoms with E-state index < -0.39 is 5.97 Å². The number of hydrogen-bond donors (Lipinski definition) is 2. The van der Waals surface area contributed by atoms with Crippen molar-refractivity contribution in [2.75, 3.05) is 25.1 Å². The summed E-state index contributed by atoms with van der Waals surface area (Å²) >= 11 is 0. The molecule has 2 N–H and O–H groups in total. The smallest absolute Gasteiger partial charge is 0.339 e. The van der Waals surface area contributed by atoms with Crippen LogP contribution in [0.2, 0.25) is 0 Å². The van der Waals surface area contributed by atoms with E-state index in [1.54, 1.807) is 13.0 Å². The van der Waals surface area contributed by atoms with Gasteiger partial charge in [-0.25, -0.2) is 9.78 Å². The molecule has 0 atom stereocenters. The second-order valence-corrected chi connectivity index (χ2v) is 4.79. The van der Waals surface area contributed by atoms with Crippen molar-refractivity contribution in [1.29, 1.82) is 0 Å². The van der Waals surface area contributed by atoms with Crippen molar-refractivity contribution in [3.05, 3.63) is 22.9 Å². The third-order valence-corrected chi connectivity index (χ3v) is 3.05. The van der Waals surface area contributed by atoms with Gasteiger partial charge in [-0.2, -0.15) is 0 Å². The molecule has 1 heterocycles. The lowest BCUT2D eigenvalue weighted by molar-refractivity contribution is 0.0696. The van der Waals surface area contributed by atoms with Crippen LogP contribution >= 0.6 is 0 Å². The third-order valence-electron chi connectivity index (χ3n) is 3.05. The van der Waals surface area contributed by atoms with Crippen LogP contribution in [0.3, 0.4) is 0 Å². The minimum Gasteiger partial charge on any atom is -0.478 e. The Bertz CT molecular complexity index is 447. The van der Waals surface area contributed by atoms with Gasteiger partial charge in [0.25, 0.3) is 0 Å². The number of carboxylic acids is 1. The second-order valence-electron chi connectivity index (χ2n) is 4.79. The Balaban J connectivity index is 2.88. The number of aliphatic hydroxyl groups excluding tert-OH is 1. The zero-order chi connectivity index (χ0) is 14.4. The van der Waals surface area contributed by atoms with Gasteiger partial charge in [-0.15, -0.1) is 0 Å². The molecular weight excluding hydrogens is 244 g/mol. The fraction of sp³-hybridized carbons (Fsp3) is 0.571. The molecule has 0 fully saturated rings. The van der Waals surface area contributed by atoms with Crippen molar-refractivity contribution in [1.82, 2.24) is 4.98 Å². The molecule has 106 valence electrons. The predicted octanol–water partition coefficient (Wildman–Crippen LogP) is 2.00. The SMILES string of the molecule is Cc1cc(C)c(C(=O)O)c(N(C)CCCCCO)n1. The van der Waals surface area contributed by atoms with Crippen LogP contribution in [0.15, 0.2) is 6.07 Å². The molecule has 0 unspecified atom stereocenters. The van der Waals surface area contributed by atoms with E-state index >= 15 is 0 Å². The monoisotopic (exact) mass is 266 g/mol. The first-order valence-electron chi connectivity index (χ1n) is 6.51. The first-order chi connectivity index (χ1) is 8.97. The van der Waals surface area contributed by atoms with Crippen molar-refractivity contribution in [2.24, 2.45) is 0 Å². The van der Waals surface area contributed by atoms with E-state index in [9.17, 15) is 9.90 Å². The van der Waals surface area contributed by atoms with Crippen molar-refractivity contribution >= 4 is 11.8 Å². The standard InChI is InChI=1S/C14H22N2O3/c1-10-9-11(2)15-13(12(10)14(18)19)16(3)7-5-4-6-8-17/h9,17H,4-8H2,1-3H3,(H,18,19). The topological polar surface area (TPSA) is 73.7 Å². The summed E-state index contributed by atoms with van der Waals surface area (Å²) in [5.74, 6) is -0.420. The molecule has 1 rings (SSSR count).